The van der Waals surface area contributed by atoms with Gasteiger partial charge in [-0.2, -0.15) is 0 Å². The van der Waals surface area contributed by atoms with Gasteiger partial charge in [0.2, 0.25) is 0 Å². The van der Waals surface area contributed by atoms with Crippen LogP contribution in [-0.2, 0) is 25.7 Å². The van der Waals surface area contributed by atoms with Crippen molar-refractivity contribution < 1.29 is 43.4 Å². The van der Waals surface area contributed by atoms with Crippen molar-refractivity contribution in [2.75, 3.05) is 7.11 Å². The van der Waals surface area contributed by atoms with Gasteiger partial charge in [0, 0.05) is 29.1 Å². The van der Waals surface area contributed by atoms with E-state index in [1.165, 1.54) is 19.4 Å². The SMILES string of the molecule is CON=C[C@]1(C)C[C@@H](C(Oc2ccc3c(c2F)B(O)OC3)C(=O)O)[C@@]2(C)[C@H](C)CC[C@]3(CCC(=O)[C@H]32)[C@@H](C)[C@@H]1O. The minimum atomic E-state index is -1.56. The molecule has 4 aliphatic rings. The number of ether oxygens (including phenoxy) is 1. The number of aliphatic carboxylic acids is 1. The summed E-state index contributed by atoms with van der Waals surface area (Å²) in [5, 5.41) is 36.7. The van der Waals surface area contributed by atoms with Crippen LogP contribution in [0.25, 0.3) is 0 Å². The van der Waals surface area contributed by atoms with E-state index in [0.717, 1.165) is 12.8 Å². The van der Waals surface area contributed by atoms with E-state index >= 15 is 4.39 Å². The number of rotatable bonds is 6. The van der Waals surface area contributed by atoms with Gasteiger partial charge >= 0.3 is 13.1 Å². The predicted octanol–water partition coefficient (Wildman–Crippen LogP) is 2.93. The van der Waals surface area contributed by atoms with E-state index < -0.39 is 59.2 Å². The number of carbonyl (C=O) groups excluding carboxylic acids is 1. The van der Waals surface area contributed by atoms with Gasteiger partial charge < -0.3 is 29.5 Å². The topological polar surface area (TPSA) is 135 Å². The second-order valence-corrected chi connectivity index (χ2v) is 12.9. The molecule has 1 heterocycles. The fourth-order valence-corrected chi connectivity index (χ4v) is 8.81. The lowest BCUT2D eigenvalue weighted by molar-refractivity contribution is -0.191. The van der Waals surface area contributed by atoms with Gasteiger partial charge in [-0.25, -0.2) is 9.18 Å². The Hall–Kier alpha value is -2.50. The quantitative estimate of drug-likeness (QED) is 0.275. The minimum Gasteiger partial charge on any atom is -0.478 e. The first-order chi connectivity index (χ1) is 18.8. The Morgan fingerprint density at radius 2 is 2.02 bits per heavy atom. The number of carbonyl (C=O) groups is 2. The maximum absolute atomic E-state index is 15.6. The molecule has 0 amide bonds. The van der Waals surface area contributed by atoms with Crippen molar-refractivity contribution in [1.29, 1.82) is 0 Å². The summed E-state index contributed by atoms with van der Waals surface area (Å²) in [6.07, 6.45) is 1.64. The second kappa shape index (κ2) is 10.1. The molecule has 3 saturated carbocycles. The zero-order valence-corrected chi connectivity index (χ0v) is 23.7. The summed E-state index contributed by atoms with van der Waals surface area (Å²) >= 11 is 0. The molecule has 1 aromatic rings. The number of ketones is 1. The number of halogens is 1. The number of carboxylic acid groups (broad SMARTS) is 1. The summed E-state index contributed by atoms with van der Waals surface area (Å²) in [6.45, 7) is 7.88. The number of aliphatic hydroxyl groups is 1. The van der Waals surface area contributed by atoms with Crippen LogP contribution in [0.4, 0.5) is 4.39 Å². The first-order valence-corrected chi connectivity index (χ1v) is 14.1. The van der Waals surface area contributed by atoms with Crippen molar-refractivity contribution in [2.24, 2.45) is 45.1 Å². The highest BCUT2D eigenvalue weighted by molar-refractivity contribution is 6.61. The molecule has 3 N–H and O–H groups in total. The number of hydrogen-bond acceptors (Lipinski definition) is 8. The van der Waals surface area contributed by atoms with E-state index in [4.69, 9.17) is 14.2 Å². The Morgan fingerprint density at radius 3 is 2.70 bits per heavy atom. The van der Waals surface area contributed by atoms with Crippen molar-refractivity contribution in [3.05, 3.63) is 23.5 Å². The molecule has 9 atom stereocenters. The van der Waals surface area contributed by atoms with Crippen LogP contribution in [0.5, 0.6) is 5.75 Å². The van der Waals surface area contributed by atoms with Gasteiger partial charge in [0.25, 0.3) is 0 Å². The van der Waals surface area contributed by atoms with Crippen LogP contribution >= 0.6 is 0 Å². The minimum absolute atomic E-state index is 0.0351. The molecule has 5 rings (SSSR count). The zero-order chi connectivity index (χ0) is 29.2. The summed E-state index contributed by atoms with van der Waals surface area (Å²) in [4.78, 5) is 31.7. The monoisotopic (exact) mass is 559 g/mol. The Morgan fingerprint density at radius 1 is 1.30 bits per heavy atom. The maximum atomic E-state index is 15.6. The average molecular weight is 559 g/mol. The third-order valence-electron chi connectivity index (χ3n) is 11.2. The first-order valence-electron chi connectivity index (χ1n) is 14.1. The van der Waals surface area contributed by atoms with E-state index in [-0.39, 0.29) is 41.9 Å². The van der Waals surface area contributed by atoms with Crippen LogP contribution in [0.2, 0.25) is 0 Å². The summed E-state index contributed by atoms with van der Waals surface area (Å²) in [7, 11) is -0.0720. The second-order valence-electron chi connectivity index (χ2n) is 12.9. The molecule has 0 radical (unpaired) electrons. The lowest BCUT2D eigenvalue weighted by Crippen LogP contribution is -2.64. The molecule has 3 aliphatic carbocycles. The van der Waals surface area contributed by atoms with Crippen molar-refractivity contribution in [2.45, 2.75) is 78.6 Å². The molecule has 2 bridgehead atoms. The molecule has 0 spiro atoms. The summed E-state index contributed by atoms with van der Waals surface area (Å²) in [5.41, 5.74) is -1.98. The highest BCUT2D eigenvalue weighted by atomic mass is 19.1. The third kappa shape index (κ3) is 4.10. The average Bonchev–Trinajstić information content (AvgIpc) is 3.47. The number of Topliss-reactive ketones (excluding diaryl/α,β-unsaturated/α-hetero) is 1. The highest BCUT2D eigenvalue weighted by Gasteiger charge is 2.69. The van der Waals surface area contributed by atoms with Gasteiger partial charge in [-0.1, -0.05) is 38.9 Å². The fraction of sp³-hybridized carbons (Fsp3) is 0.690. The molecular formula is C29H39BFNO8. The van der Waals surface area contributed by atoms with Crippen LogP contribution in [0.15, 0.2) is 17.3 Å². The zero-order valence-electron chi connectivity index (χ0n) is 23.7. The van der Waals surface area contributed by atoms with Crippen LogP contribution < -0.4 is 10.2 Å². The molecule has 0 saturated heterocycles. The molecule has 0 aromatic heterocycles. The Kier molecular flexibility index (Phi) is 7.32. The third-order valence-corrected chi connectivity index (χ3v) is 11.2. The van der Waals surface area contributed by atoms with Gasteiger partial charge in [-0.15, -0.1) is 0 Å². The molecule has 1 aromatic carbocycles. The van der Waals surface area contributed by atoms with Crippen LogP contribution in [-0.4, -0.2) is 59.6 Å². The molecule has 11 heteroatoms. The Balaban J connectivity index is 1.68. The number of carboxylic acids is 1. The molecule has 1 unspecified atom stereocenters. The lowest BCUT2D eigenvalue weighted by atomic mass is 9.41. The smallest absolute Gasteiger partial charge is 0.478 e. The number of benzene rings is 1. The van der Waals surface area contributed by atoms with Crippen LogP contribution in [0.1, 0.15) is 65.4 Å². The molecular weight excluding hydrogens is 520 g/mol. The molecule has 218 valence electrons. The Bertz CT molecular complexity index is 1230. The largest absolute Gasteiger partial charge is 0.494 e. The van der Waals surface area contributed by atoms with Gasteiger partial charge in [0.15, 0.2) is 17.7 Å². The van der Waals surface area contributed by atoms with Gasteiger partial charge in [0.1, 0.15) is 12.9 Å². The number of hydrogen-bond donors (Lipinski definition) is 3. The molecule has 40 heavy (non-hydrogen) atoms. The van der Waals surface area contributed by atoms with Crippen molar-refractivity contribution >= 4 is 30.5 Å². The van der Waals surface area contributed by atoms with E-state index in [9.17, 15) is 24.8 Å². The fourth-order valence-electron chi connectivity index (χ4n) is 8.81. The van der Waals surface area contributed by atoms with E-state index in [1.807, 2.05) is 27.7 Å². The first kappa shape index (κ1) is 29.0. The van der Waals surface area contributed by atoms with Gasteiger partial charge in [0.05, 0.1) is 18.9 Å². The van der Waals surface area contributed by atoms with E-state index in [2.05, 4.69) is 5.16 Å². The lowest BCUT2D eigenvalue weighted by Gasteiger charge is -2.62. The predicted molar refractivity (Wildman–Crippen MR) is 144 cm³/mol. The maximum Gasteiger partial charge on any atom is 0.494 e. The summed E-state index contributed by atoms with van der Waals surface area (Å²) < 4.78 is 26.8. The summed E-state index contributed by atoms with van der Waals surface area (Å²) in [6, 6.07) is 2.91. The number of nitrogens with zero attached hydrogens (tertiary/aromatic N) is 1. The van der Waals surface area contributed by atoms with Gasteiger partial charge in [-0.05, 0) is 60.0 Å². The Labute approximate surface area is 234 Å². The number of oxime groups is 1. The highest BCUT2D eigenvalue weighted by Crippen LogP contribution is 2.69. The standard InChI is InChI=1S/C29H39BFNO8/c1-15-8-10-29-11-9-19(33)24(29)28(15,4)18(12-27(3,14-32-38-5)25(34)16(29)2)23(26(35)36)40-20-7-6-17-13-39-30(37)21(17)22(20)31/h6-7,14-16,18,23-25,34,37H,8-13H2,1-5H3,(H,35,36)/t15-,16+,18+,23?,24+,25+,27+,28-,29+/m1/s1. The van der Waals surface area contributed by atoms with E-state index in [1.54, 1.807) is 6.07 Å². The number of fused-ring (bicyclic) bond motifs is 1. The van der Waals surface area contributed by atoms with E-state index in [0.29, 0.717) is 18.4 Å². The van der Waals surface area contributed by atoms with Crippen molar-refractivity contribution in [3.8, 4) is 5.75 Å². The molecule has 3 fully saturated rings. The molecule has 9 nitrogen and oxygen atoms in total. The summed E-state index contributed by atoms with van der Waals surface area (Å²) in [5.74, 6) is -3.99. The van der Waals surface area contributed by atoms with Crippen molar-refractivity contribution in [3.63, 3.8) is 0 Å². The van der Waals surface area contributed by atoms with Crippen LogP contribution in [0, 0.1) is 45.7 Å². The molecule has 1 aliphatic heterocycles. The normalized spacial score (nSPS) is 39.9. The van der Waals surface area contributed by atoms with Crippen LogP contribution in [0.3, 0.4) is 0 Å². The van der Waals surface area contributed by atoms with Gasteiger partial charge in [-0.3, -0.25) is 4.79 Å². The van der Waals surface area contributed by atoms with Crippen molar-refractivity contribution in [1.82, 2.24) is 0 Å². The number of aliphatic hydroxyl groups excluding tert-OH is 1.